The van der Waals surface area contributed by atoms with Crippen LogP contribution in [0.15, 0.2) is 12.7 Å². The molecule has 0 bridgehead atoms. The number of aromatic nitrogens is 4. The average molecular weight is 325 g/mol. The monoisotopic (exact) mass is 325 g/mol. The molecule has 1 saturated carbocycles. The summed E-state index contributed by atoms with van der Waals surface area (Å²) in [5, 5.41) is 0. The normalized spacial score (nSPS) is 33.4. The number of fused-ring (bicyclic) bond motifs is 1. The van der Waals surface area contributed by atoms with Gasteiger partial charge in [0, 0.05) is 13.1 Å². The first-order chi connectivity index (χ1) is 10.4. The van der Waals surface area contributed by atoms with Crippen molar-refractivity contribution in [3.63, 3.8) is 0 Å². The summed E-state index contributed by atoms with van der Waals surface area (Å²) in [6.07, 6.45) is 4.62. The molecule has 0 aromatic carbocycles. The van der Waals surface area contributed by atoms with Gasteiger partial charge in [-0.15, -0.1) is 0 Å². The third-order valence-corrected chi connectivity index (χ3v) is 4.81. The molecule has 9 nitrogen and oxygen atoms in total. The summed E-state index contributed by atoms with van der Waals surface area (Å²) in [7, 11) is -3.50. The molecule has 4 atom stereocenters. The Morgan fingerprint density at radius 1 is 1.55 bits per heavy atom. The van der Waals surface area contributed by atoms with Gasteiger partial charge in [-0.25, -0.2) is 15.0 Å². The van der Waals surface area contributed by atoms with Gasteiger partial charge in [0.2, 0.25) is 0 Å². The number of hydrogen-bond donors (Lipinski definition) is 2. The fourth-order valence-electron chi connectivity index (χ4n) is 3.04. The Morgan fingerprint density at radius 2 is 2.36 bits per heavy atom. The first-order valence-electron chi connectivity index (χ1n) is 6.97. The largest absolute Gasteiger partial charge is 0.382 e. The van der Waals surface area contributed by atoms with Gasteiger partial charge in [-0.05, 0) is 12.8 Å². The van der Waals surface area contributed by atoms with Crippen LogP contribution in [-0.2, 0) is 13.8 Å². The van der Waals surface area contributed by atoms with Gasteiger partial charge in [0.05, 0.1) is 12.4 Å². The number of imidazole rings is 1. The quantitative estimate of drug-likeness (QED) is 0.802. The summed E-state index contributed by atoms with van der Waals surface area (Å²) in [5.41, 5.74) is 6.48. The minimum absolute atomic E-state index is 0.233. The van der Waals surface area contributed by atoms with E-state index in [0.29, 0.717) is 23.4 Å². The predicted octanol–water partition coefficient (Wildman–Crippen LogP) is 1.06. The Kier molecular flexibility index (Phi) is 2.87. The van der Waals surface area contributed by atoms with E-state index in [1.54, 1.807) is 6.33 Å². The minimum Gasteiger partial charge on any atom is -0.382 e. The first kappa shape index (κ1) is 14.1. The zero-order valence-corrected chi connectivity index (χ0v) is 12.8. The second-order valence-corrected chi connectivity index (χ2v) is 7.68. The fourth-order valence-corrected chi connectivity index (χ4v) is 3.78. The van der Waals surface area contributed by atoms with Crippen molar-refractivity contribution in [3.8, 4) is 0 Å². The predicted molar refractivity (Wildman–Crippen MR) is 77.1 cm³/mol. The fraction of sp³-hybridized carbons (Fsp3) is 0.583. The summed E-state index contributed by atoms with van der Waals surface area (Å²) >= 11 is 0. The Bertz CT molecular complexity index is 789. The van der Waals surface area contributed by atoms with Crippen molar-refractivity contribution in [2.24, 2.45) is 0 Å². The number of nitrogen functional groups attached to an aromatic ring is 1. The van der Waals surface area contributed by atoms with Crippen LogP contribution in [0.4, 0.5) is 5.82 Å². The van der Waals surface area contributed by atoms with Gasteiger partial charge in [-0.3, -0.25) is 9.13 Å². The molecular weight excluding hydrogens is 309 g/mol. The van der Waals surface area contributed by atoms with E-state index in [1.165, 1.54) is 13.0 Å². The van der Waals surface area contributed by atoms with Crippen molar-refractivity contribution < 1.29 is 18.7 Å². The van der Waals surface area contributed by atoms with Crippen LogP contribution in [0.5, 0.6) is 0 Å². The van der Waals surface area contributed by atoms with Crippen LogP contribution >= 0.6 is 7.60 Å². The van der Waals surface area contributed by atoms with E-state index < -0.39 is 13.2 Å². The van der Waals surface area contributed by atoms with Crippen molar-refractivity contribution in [2.75, 3.05) is 12.4 Å². The lowest BCUT2D eigenvalue weighted by molar-refractivity contribution is -0.0302. The van der Waals surface area contributed by atoms with Gasteiger partial charge in [0.15, 0.2) is 11.5 Å². The molecule has 0 amide bonds. The standard InChI is InChI=1S/C12H16N5O4P/c1-22(18,19)21-7-4-12(7)3-2-8(20-12)17-6-16-9-10(13)14-5-15-11(9)17/h5-8H,2-4H2,1H3,(H,18,19)(H2,13,14,15)/t7-,8-,12-/m1/s1. The molecule has 3 N–H and O–H groups in total. The topological polar surface area (TPSA) is 125 Å². The van der Waals surface area contributed by atoms with Crippen molar-refractivity contribution in [3.05, 3.63) is 12.7 Å². The van der Waals surface area contributed by atoms with Crippen LogP contribution in [-0.4, -0.2) is 42.8 Å². The molecule has 1 unspecified atom stereocenters. The smallest absolute Gasteiger partial charge is 0.325 e. The Labute approximate surface area is 126 Å². The molecule has 10 heteroatoms. The van der Waals surface area contributed by atoms with Crippen LogP contribution in [0, 0.1) is 0 Å². The number of ether oxygens (including phenoxy) is 1. The van der Waals surface area contributed by atoms with Gasteiger partial charge in [0.25, 0.3) is 0 Å². The van der Waals surface area contributed by atoms with Crippen LogP contribution in [0.25, 0.3) is 11.2 Å². The molecule has 1 aliphatic heterocycles. The summed E-state index contributed by atoms with van der Waals surface area (Å²) in [6, 6.07) is 0. The molecule has 2 aromatic heterocycles. The molecule has 0 radical (unpaired) electrons. The molecule has 1 saturated heterocycles. The highest BCUT2D eigenvalue weighted by Crippen LogP contribution is 2.59. The highest BCUT2D eigenvalue weighted by atomic mass is 31.2. The van der Waals surface area contributed by atoms with Crippen molar-refractivity contribution in [2.45, 2.75) is 37.2 Å². The minimum atomic E-state index is -3.50. The molecule has 3 heterocycles. The third kappa shape index (κ3) is 2.21. The molecule has 2 aliphatic rings. The van der Waals surface area contributed by atoms with E-state index >= 15 is 0 Å². The van der Waals surface area contributed by atoms with Crippen molar-refractivity contribution >= 4 is 24.6 Å². The van der Waals surface area contributed by atoms with Crippen LogP contribution in [0.3, 0.4) is 0 Å². The third-order valence-electron chi connectivity index (χ3n) is 4.16. The molecule has 1 aliphatic carbocycles. The Balaban J connectivity index is 1.56. The lowest BCUT2D eigenvalue weighted by Gasteiger charge is -2.16. The summed E-state index contributed by atoms with van der Waals surface area (Å²) in [6.45, 7) is 1.19. The maximum absolute atomic E-state index is 11.4. The molecule has 118 valence electrons. The average Bonchev–Trinajstić information content (AvgIpc) is 2.79. The number of anilines is 1. The van der Waals surface area contributed by atoms with Gasteiger partial charge >= 0.3 is 7.60 Å². The van der Waals surface area contributed by atoms with Gasteiger partial charge in [-0.1, -0.05) is 0 Å². The Morgan fingerprint density at radius 3 is 3.14 bits per heavy atom. The number of hydrogen-bond acceptors (Lipinski definition) is 7. The lowest BCUT2D eigenvalue weighted by atomic mass is 10.2. The van der Waals surface area contributed by atoms with Gasteiger partial charge in [0.1, 0.15) is 23.7 Å². The van der Waals surface area contributed by atoms with Crippen LogP contribution in [0.1, 0.15) is 25.5 Å². The molecule has 22 heavy (non-hydrogen) atoms. The van der Waals surface area contributed by atoms with Crippen molar-refractivity contribution in [1.82, 2.24) is 19.5 Å². The number of nitrogens with two attached hydrogens (primary N) is 1. The summed E-state index contributed by atoms with van der Waals surface area (Å²) in [4.78, 5) is 21.7. The lowest BCUT2D eigenvalue weighted by Crippen LogP contribution is -2.17. The van der Waals surface area contributed by atoms with Crippen LogP contribution in [0.2, 0.25) is 0 Å². The first-order valence-corrected chi connectivity index (χ1v) is 9.00. The Hall–Kier alpha value is -1.54. The van der Waals surface area contributed by atoms with E-state index in [4.69, 9.17) is 15.0 Å². The zero-order valence-electron chi connectivity index (χ0n) is 11.9. The van der Waals surface area contributed by atoms with Crippen molar-refractivity contribution in [1.29, 1.82) is 0 Å². The maximum Gasteiger partial charge on any atom is 0.325 e. The number of rotatable bonds is 3. The summed E-state index contributed by atoms with van der Waals surface area (Å²) in [5.74, 6) is 0.330. The van der Waals surface area contributed by atoms with E-state index in [0.717, 1.165) is 12.8 Å². The molecule has 4 rings (SSSR count). The highest BCUT2D eigenvalue weighted by molar-refractivity contribution is 7.51. The second kappa shape index (κ2) is 4.48. The zero-order chi connectivity index (χ0) is 15.5. The van der Waals surface area contributed by atoms with E-state index in [-0.39, 0.29) is 12.3 Å². The highest BCUT2D eigenvalue weighted by Gasteiger charge is 2.62. The van der Waals surface area contributed by atoms with Crippen LogP contribution < -0.4 is 5.73 Å². The second-order valence-electron chi connectivity index (χ2n) is 5.86. The van der Waals surface area contributed by atoms with E-state index in [1.807, 2.05) is 4.57 Å². The van der Waals surface area contributed by atoms with Gasteiger partial charge < -0.3 is 19.9 Å². The maximum atomic E-state index is 11.4. The van der Waals surface area contributed by atoms with E-state index in [2.05, 4.69) is 15.0 Å². The van der Waals surface area contributed by atoms with Gasteiger partial charge in [-0.2, -0.15) is 0 Å². The molecular formula is C12H16N5O4P. The SMILES string of the molecule is CP(=O)(O)O[C@@H]1C[C@]12CC[C@H](n1cnc3c(N)ncnc31)O2. The molecule has 1 spiro atoms. The number of nitrogens with zero attached hydrogens (tertiary/aromatic N) is 4. The van der Waals surface area contributed by atoms with E-state index in [9.17, 15) is 9.46 Å². The summed E-state index contributed by atoms with van der Waals surface area (Å²) < 4.78 is 24.4. The molecule has 2 aromatic rings. The molecule has 2 fully saturated rings.